The average molecular weight is 1130 g/mol. The van der Waals surface area contributed by atoms with Gasteiger partial charge in [-0.3, -0.25) is 14.4 Å². The van der Waals surface area contributed by atoms with Crippen molar-refractivity contribution in [1.82, 2.24) is 0 Å². The van der Waals surface area contributed by atoms with Gasteiger partial charge in [0, 0.05) is 12.8 Å². The second-order valence-electron chi connectivity index (χ2n) is 21.3. The lowest BCUT2D eigenvalue weighted by Gasteiger charge is -2.40. The van der Waals surface area contributed by atoms with Crippen molar-refractivity contribution >= 4 is 23.9 Å². The number of carboxylic acids is 1. The monoisotopic (exact) mass is 1130 g/mol. The maximum Gasteiger partial charge on any atom is 0.335 e. The van der Waals surface area contributed by atoms with Gasteiger partial charge in [0.1, 0.15) is 18.8 Å². The fraction of sp³-hybridized carbons (Fsp3) is 0.681. The summed E-state index contributed by atoms with van der Waals surface area (Å²) in [6.45, 7) is 5.77. The summed E-state index contributed by atoms with van der Waals surface area (Å²) in [6, 6.07) is 0. The summed E-state index contributed by atoms with van der Waals surface area (Å²) in [4.78, 5) is 51.2. The Hall–Kier alpha value is -4.62. The second kappa shape index (κ2) is 55.9. The van der Waals surface area contributed by atoms with Crippen molar-refractivity contribution in [2.75, 3.05) is 13.2 Å². The van der Waals surface area contributed by atoms with E-state index in [4.69, 9.17) is 23.7 Å². The highest BCUT2D eigenvalue weighted by Crippen LogP contribution is 2.26. The molecule has 6 unspecified atom stereocenters. The van der Waals surface area contributed by atoms with Gasteiger partial charge in [-0.1, -0.05) is 233 Å². The molecule has 0 aromatic carbocycles. The standard InChI is InChI=1S/C69H112O12/c1-4-7-10-13-16-19-22-25-28-30-31-33-36-39-42-45-48-51-54-57-63(72)80-67-65(74)64(73)66(68(75)76)81-69(67)78-59-60(79-62(71)56-53-50-47-44-41-38-34-27-24-21-18-15-12-9-6-3)58-77-61(70)55-52-49-46-43-40-37-35-32-29-26-23-20-17-14-11-8-5-2/h9,12,16,18-19,21,25-29,31,33-34,41,44,50,53,60,64-67,69,73-74H,4-8,10-11,13-15,17,20,22-24,30,32,35-40,42-43,45-49,51-52,54-59H2,1-3H3,(H,75,76)/b12-9-,19-16-,21-18-,28-25-,29-26-,33-31-,34-27-,44-41-,53-50-. The summed E-state index contributed by atoms with van der Waals surface area (Å²) in [6.07, 6.45) is 63.6. The predicted molar refractivity (Wildman–Crippen MR) is 330 cm³/mol. The number of carbonyl (C=O) groups excluding carboxylic acids is 3. The van der Waals surface area contributed by atoms with Crippen LogP contribution in [0.2, 0.25) is 0 Å². The first-order chi connectivity index (χ1) is 39.6. The average Bonchev–Trinajstić information content (AvgIpc) is 3.52. The largest absolute Gasteiger partial charge is 0.479 e. The molecule has 6 atom stereocenters. The van der Waals surface area contributed by atoms with Gasteiger partial charge in [0.15, 0.2) is 24.6 Å². The predicted octanol–water partition coefficient (Wildman–Crippen LogP) is 17.0. The minimum Gasteiger partial charge on any atom is -0.479 e. The molecule has 1 fully saturated rings. The molecule has 0 spiro atoms. The van der Waals surface area contributed by atoms with Crippen LogP contribution in [0.5, 0.6) is 0 Å². The Labute approximate surface area is 491 Å². The topological polar surface area (TPSA) is 175 Å². The minimum atomic E-state index is -1.93. The molecule has 1 aliphatic heterocycles. The number of aliphatic hydroxyl groups excluding tert-OH is 2. The van der Waals surface area contributed by atoms with Crippen LogP contribution in [0, 0.1) is 0 Å². The fourth-order valence-electron chi connectivity index (χ4n) is 8.97. The number of esters is 3. The maximum atomic E-state index is 13.1. The van der Waals surface area contributed by atoms with Crippen LogP contribution < -0.4 is 0 Å². The maximum absolute atomic E-state index is 13.1. The van der Waals surface area contributed by atoms with E-state index < -0.39 is 67.3 Å². The third-order valence-electron chi connectivity index (χ3n) is 13.8. The molecule has 0 aliphatic carbocycles. The van der Waals surface area contributed by atoms with Crippen LogP contribution in [0.3, 0.4) is 0 Å². The normalized spacial score (nSPS) is 18.5. The summed E-state index contributed by atoms with van der Waals surface area (Å²) >= 11 is 0. The zero-order chi connectivity index (χ0) is 58.9. The fourth-order valence-corrected chi connectivity index (χ4v) is 8.97. The summed E-state index contributed by atoms with van der Waals surface area (Å²) in [5, 5.41) is 31.6. The second-order valence-corrected chi connectivity index (χ2v) is 21.3. The molecule has 0 saturated carbocycles. The number of aliphatic hydroxyl groups is 2. The van der Waals surface area contributed by atoms with Crippen LogP contribution in [-0.4, -0.2) is 89.2 Å². The van der Waals surface area contributed by atoms with Crippen LogP contribution in [0.1, 0.15) is 252 Å². The van der Waals surface area contributed by atoms with Crippen LogP contribution in [0.15, 0.2) is 109 Å². The highest BCUT2D eigenvalue weighted by Gasteiger charge is 2.50. The number of ether oxygens (including phenoxy) is 5. The molecule has 0 amide bonds. The number of hydrogen-bond donors (Lipinski definition) is 3. The highest BCUT2D eigenvalue weighted by atomic mass is 16.7. The first kappa shape index (κ1) is 74.4. The third kappa shape index (κ3) is 45.6. The lowest BCUT2D eigenvalue weighted by Crippen LogP contribution is -2.61. The van der Waals surface area contributed by atoms with Gasteiger partial charge in [-0.2, -0.15) is 0 Å². The van der Waals surface area contributed by atoms with E-state index in [0.29, 0.717) is 19.3 Å². The van der Waals surface area contributed by atoms with E-state index in [-0.39, 0.29) is 25.9 Å². The molecule has 460 valence electrons. The first-order valence-electron chi connectivity index (χ1n) is 31.9. The molecule has 0 radical (unpaired) electrons. The first-order valence-corrected chi connectivity index (χ1v) is 31.9. The number of allylic oxidation sites excluding steroid dienone is 17. The Bertz CT molecular complexity index is 1820. The van der Waals surface area contributed by atoms with Crippen LogP contribution in [0.25, 0.3) is 0 Å². The lowest BCUT2D eigenvalue weighted by atomic mass is 9.98. The molecule has 81 heavy (non-hydrogen) atoms. The van der Waals surface area contributed by atoms with E-state index in [9.17, 15) is 34.5 Å². The number of aliphatic carboxylic acids is 1. The van der Waals surface area contributed by atoms with Gasteiger partial charge in [0.2, 0.25) is 0 Å². The molecule has 3 N–H and O–H groups in total. The molecular formula is C69H112O12. The number of carbonyl (C=O) groups is 4. The molecule has 12 heteroatoms. The Morgan fingerprint density at radius 1 is 0.432 bits per heavy atom. The number of unbranched alkanes of at least 4 members (excludes halogenated alkanes) is 22. The molecule has 12 nitrogen and oxygen atoms in total. The molecule has 0 bridgehead atoms. The van der Waals surface area contributed by atoms with Gasteiger partial charge < -0.3 is 39.0 Å². The van der Waals surface area contributed by atoms with Crippen molar-refractivity contribution in [3.05, 3.63) is 109 Å². The zero-order valence-electron chi connectivity index (χ0n) is 50.7. The van der Waals surface area contributed by atoms with E-state index in [1.54, 1.807) is 6.08 Å². The summed E-state index contributed by atoms with van der Waals surface area (Å²) in [5.41, 5.74) is 0. The molecular weight excluding hydrogens is 1020 g/mol. The van der Waals surface area contributed by atoms with Crippen molar-refractivity contribution in [2.45, 2.75) is 289 Å². The summed E-state index contributed by atoms with van der Waals surface area (Å²) < 4.78 is 28.4. The molecule has 0 aromatic rings. The number of carboxylic acid groups (broad SMARTS) is 1. The van der Waals surface area contributed by atoms with Gasteiger partial charge >= 0.3 is 23.9 Å². The Morgan fingerprint density at radius 2 is 0.815 bits per heavy atom. The van der Waals surface area contributed by atoms with Gasteiger partial charge in [-0.05, 0) is 109 Å². The molecule has 1 heterocycles. The van der Waals surface area contributed by atoms with Crippen molar-refractivity contribution in [3.8, 4) is 0 Å². The number of rotatable bonds is 53. The van der Waals surface area contributed by atoms with Crippen molar-refractivity contribution in [3.63, 3.8) is 0 Å². The zero-order valence-corrected chi connectivity index (χ0v) is 50.7. The van der Waals surface area contributed by atoms with Gasteiger partial charge in [0.25, 0.3) is 0 Å². The van der Waals surface area contributed by atoms with E-state index in [1.807, 2.05) is 12.2 Å². The lowest BCUT2D eigenvalue weighted by molar-refractivity contribution is -0.301. The Kier molecular flexibility index (Phi) is 51.3. The summed E-state index contributed by atoms with van der Waals surface area (Å²) in [7, 11) is 0. The van der Waals surface area contributed by atoms with Crippen LogP contribution in [-0.2, 0) is 42.9 Å². The smallest absolute Gasteiger partial charge is 0.335 e. The summed E-state index contributed by atoms with van der Waals surface area (Å²) in [5.74, 6) is -3.31. The van der Waals surface area contributed by atoms with Gasteiger partial charge in [-0.25, -0.2) is 4.79 Å². The van der Waals surface area contributed by atoms with Crippen LogP contribution in [0.4, 0.5) is 0 Å². The van der Waals surface area contributed by atoms with Crippen molar-refractivity contribution in [1.29, 1.82) is 0 Å². The van der Waals surface area contributed by atoms with Gasteiger partial charge in [0.05, 0.1) is 13.0 Å². The highest BCUT2D eigenvalue weighted by molar-refractivity contribution is 5.74. The molecule has 1 saturated heterocycles. The SMILES string of the molecule is CC/C=C\C/C=C\C/C=C\C/C=C\C/C=C\CC(=O)OC(COC(=O)CCCCCCCCC/C=C\CCCCCCCC)COC1OC(C(=O)O)C(O)C(O)C1OC(=O)CCCCCCCC/C=C\C/C=C\C/C=C\CCCCC. The van der Waals surface area contributed by atoms with Crippen molar-refractivity contribution < 1.29 is 58.2 Å². The Morgan fingerprint density at radius 3 is 1.28 bits per heavy atom. The van der Waals surface area contributed by atoms with E-state index in [1.165, 1.54) is 77.0 Å². The third-order valence-corrected chi connectivity index (χ3v) is 13.8. The number of hydrogen-bond acceptors (Lipinski definition) is 11. The van der Waals surface area contributed by atoms with Crippen LogP contribution >= 0.6 is 0 Å². The van der Waals surface area contributed by atoms with Gasteiger partial charge in [-0.15, -0.1) is 0 Å². The van der Waals surface area contributed by atoms with E-state index >= 15 is 0 Å². The van der Waals surface area contributed by atoms with Crippen molar-refractivity contribution in [2.24, 2.45) is 0 Å². The molecule has 1 rings (SSSR count). The van der Waals surface area contributed by atoms with E-state index in [2.05, 4.69) is 112 Å². The Balaban J connectivity index is 2.72. The molecule has 0 aromatic heterocycles. The molecule has 1 aliphatic rings. The minimum absolute atomic E-state index is 0.0303. The van der Waals surface area contributed by atoms with E-state index in [0.717, 1.165) is 116 Å². The quantitative estimate of drug-likeness (QED) is 0.0228.